The molecule has 7 heteroatoms. The summed E-state index contributed by atoms with van der Waals surface area (Å²) >= 11 is 1.63. The monoisotopic (exact) mass is 262 g/mol. The van der Waals surface area contributed by atoms with Gasteiger partial charge >= 0.3 is 6.03 Å². The second kappa shape index (κ2) is 7.52. The van der Waals surface area contributed by atoms with E-state index in [9.17, 15) is 9.59 Å². The molecular formula is C10H18N2O4S. The molecule has 98 valence electrons. The lowest BCUT2D eigenvalue weighted by atomic mass is 10.2. The van der Waals surface area contributed by atoms with E-state index in [-0.39, 0.29) is 12.5 Å². The molecule has 0 aromatic rings. The van der Waals surface area contributed by atoms with Crippen LogP contribution in [0.15, 0.2) is 0 Å². The zero-order valence-electron chi connectivity index (χ0n) is 10.1. The molecule has 1 rings (SSSR count). The Morgan fingerprint density at radius 1 is 1.41 bits per heavy atom. The van der Waals surface area contributed by atoms with Gasteiger partial charge in [-0.25, -0.2) is 4.79 Å². The van der Waals surface area contributed by atoms with Gasteiger partial charge in [-0.15, -0.1) is 5.06 Å². The van der Waals surface area contributed by atoms with Crippen molar-refractivity contribution in [1.29, 1.82) is 0 Å². The fourth-order valence-corrected chi connectivity index (χ4v) is 1.87. The predicted molar refractivity (Wildman–Crippen MR) is 64.6 cm³/mol. The number of thioether (sulfide) groups is 1. The second-order valence-corrected chi connectivity index (χ2v) is 4.43. The molecule has 1 atom stereocenters. The molecule has 0 saturated carbocycles. The standard InChI is InChI=1S/C10H18N2O4S/c1-3-15-5-6-16-12-9(13)8(4-7-17-2)11-10(12)14/h8H,3-7H2,1-2H3,(H,11,14)/t8-/m0/s1. The van der Waals surface area contributed by atoms with Crippen molar-refractivity contribution in [2.45, 2.75) is 19.4 Å². The third-order valence-corrected chi connectivity index (χ3v) is 2.89. The highest BCUT2D eigenvalue weighted by Gasteiger charge is 2.38. The topological polar surface area (TPSA) is 67.9 Å². The van der Waals surface area contributed by atoms with Crippen molar-refractivity contribution >= 4 is 23.7 Å². The number of amides is 3. The van der Waals surface area contributed by atoms with Crippen LogP contribution < -0.4 is 5.32 Å². The van der Waals surface area contributed by atoms with Gasteiger partial charge in [0.2, 0.25) is 0 Å². The fourth-order valence-electron chi connectivity index (χ4n) is 1.40. The highest BCUT2D eigenvalue weighted by Crippen LogP contribution is 2.11. The zero-order valence-corrected chi connectivity index (χ0v) is 10.9. The number of imide groups is 1. The largest absolute Gasteiger partial charge is 0.379 e. The summed E-state index contributed by atoms with van der Waals surface area (Å²) in [6.45, 7) is 3.01. The van der Waals surface area contributed by atoms with Crippen LogP contribution in [0.25, 0.3) is 0 Å². The van der Waals surface area contributed by atoms with E-state index in [2.05, 4.69) is 5.32 Å². The van der Waals surface area contributed by atoms with Crippen molar-refractivity contribution in [2.24, 2.45) is 0 Å². The second-order valence-electron chi connectivity index (χ2n) is 3.45. The molecule has 0 aromatic carbocycles. The van der Waals surface area contributed by atoms with E-state index in [1.54, 1.807) is 11.8 Å². The number of nitrogens with zero attached hydrogens (tertiary/aromatic N) is 1. The Balaban J connectivity index is 2.34. The van der Waals surface area contributed by atoms with Crippen LogP contribution in [0.2, 0.25) is 0 Å². The summed E-state index contributed by atoms with van der Waals surface area (Å²) in [7, 11) is 0. The lowest BCUT2D eigenvalue weighted by Gasteiger charge is -2.12. The number of carbonyl (C=O) groups is 2. The highest BCUT2D eigenvalue weighted by atomic mass is 32.2. The summed E-state index contributed by atoms with van der Waals surface area (Å²) in [5.74, 6) is 0.504. The van der Waals surface area contributed by atoms with E-state index in [0.29, 0.717) is 19.6 Å². The third kappa shape index (κ3) is 4.18. The maximum absolute atomic E-state index is 11.8. The summed E-state index contributed by atoms with van der Waals surface area (Å²) in [6, 6.07) is -0.945. The zero-order chi connectivity index (χ0) is 12.7. The Bertz CT molecular complexity index is 275. The van der Waals surface area contributed by atoms with Crippen LogP contribution in [0.1, 0.15) is 13.3 Å². The van der Waals surface area contributed by atoms with Gasteiger partial charge in [-0.2, -0.15) is 11.8 Å². The molecule has 0 spiro atoms. The molecule has 1 aliphatic rings. The Labute approximate surface area is 105 Å². The molecule has 1 fully saturated rings. The van der Waals surface area contributed by atoms with E-state index in [1.165, 1.54) is 0 Å². The van der Waals surface area contributed by atoms with Gasteiger partial charge in [0.1, 0.15) is 6.04 Å². The average molecular weight is 262 g/mol. The maximum atomic E-state index is 11.8. The quantitative estimate of drug-likeness (QED) is 0.513. The normalized spacial score (nSPS) is 19.9. The molecule has 1 N–H and O–H groups in total. The summed E-state index contributed by atoms with van der Waals surface area (Å²) in [5.41, 5.74) is 0. The van der Waals surface area contributed by atoms with Crippen LogP contribution in [-0.4, -0.2) is 54.9 Å². The summed E-state index contributed by atoms with van der Waals surface area (Å²) < 4.78 is 5.06. The predicted octanol–water partition coefficient (Wildman–Crippen LogP) is 0.628. The number of hydroxylamine groups is 2. The highest BCUT2D eigenvalue weighted by molar-refractivity contribution is 7.98. The first-order valence-corrected chi connectivity index (χ1v) is 6.94. The Morgan fingerprint density at radius 3 is 2.82 bits per heavy atom. The van der Waals surface area contributed by atoms with Gasteiger partial charge in [0.15, 0.2) is 0 Å². The van der Waals surface area contributed by atoms with Crippen molar-refractivity contribution in [3.63, 3.8) is 0 Å². The number of urea groups is 1. The average Bonchev–Trinajstić information content (AvgIpc) is 2.58. The number of carbonyl (C=O) groups excluding carboxylic acids is 2. The minimum atomic E-state index is -0.488. The van der Waals surface area contributed by atoms with E-state index >= 15 is 0 Å². The number of hydrogen-bond acceptors (Lipinski definition) is 5. The molecule has 0 aromatic heterocycles. The first kappa shape index (κ1) is 14.3. The van der Waals surface area contributed by atoms with Crippen molar-refractivity contribution in [1.82, 2.24) is 10.4 Å². The molecular weight excluding hydrogens is 244 g/mol. The molecule has 0 aliphatic carbocycles. The molecule has 1 aliphatic heterocycles. The van der Waals surface area contributed by atoms with Gasteiger partial charge in [-0.05, 0) is 25.4 Å². The fraction of sp³-hybridized carbons (Fsp3) is 0.800. The Hall–Kier alpha value is -0.790. The molecule has 1 saturated heterocycles. The van der Waals surface area contributed by atoms with Crippen LogP contribution in [-0.2, 0) is 14.4 Å². The lowest BCUT2D eigenvalue weighted by molar-refractivity contribution is -0.167. The summed E-state index contributed by atoms with van der Waals surface area (Å²) in [5, 5.41) is 3.38. The van der Waals surface area contributed by atoms with E-state index < -0.39 is 12.1 Å². The van der Waals surface area contributed by atoms with Crippen LogP contribution in [0.3, 0.4) is 0 Å². The van der Waals surface area contributed by atoms with Gasteiger partial charge in [-0.3, -0.25) is 9.63 Å². The van der Waals surface area contributed by atoms with E-state index in [4.69, 9.17) is 9.57 Å². The van der Waals surface area contributed by atoms with Gasteiger partial charge in [0, 0.05) is 6.61 Å². The van der Waals surface area contributed by atoms with Crippen molar-refractivity contribution < 1.29 is 19.2 Å². The number of rotatable bonds is 8. The van der Waals surface area contributed by atoms with Crippen molar-refractivity contribution in [3.05, 3.63) is 0 Å². The minimum Gasteiger partial charge on any atom is -0.379 e. The van der Waals surface area contributed by atoms with Crippen LogP contribution >= 0.6 is 11.8 Å². The Kier molecular flexibility index (Phi) is 6.31. The third-order valence-electron chi connectivity index (χ3n) is 2.24. The minimum absolute atomic E-state index is 0.197. The lowest BCUT2D eigenvalue weighted by Crippen LogP contribution is -2.33. The molecule has 0 unspecified atom stereocenters. The van der Waals surface area contributed by atoms with Gasteiger partial charge in [0.05, 0.1) is 13.2 Å². The first-order chi connectivity index (χ1) is 8.20. The molecule has 17 heavy (non-hydrogen) atoms. The molecule has 1 heterocycles. The summed E-state index contributed by atoms with van der Waals surface area (Å²) in [6.07, 6.45) is 2.58. The van der Waals surface area contributed by atoms with Crippen molar-refractivity contribution in [3.8, 4) is 0 Å². The molecule has 6 nitrogen and oxygen atoms in total. The Morgan fingerprint density at radius 2 is 2.18 bits per heavy atom. The van der Waals surface area contributed by atoms with E-state index in [0.717, 1.165) is 10.8 Å². The maximum Gasteiger partial charge on any atom is 0.349 e. The summed E-state index contributed by atoms with van der Waals surface area (Å²) in [4.78, 5) is 28.3. The van der Waals surface area contributed by atoms with Crippen molar-refractivity contribution in [2.75, 3.05) is 31.8 Å². The first-order valence-electron chi connectivity index (χ1n) is 5.54. The van der Waals surface area contributed by atoms with Crippen LogP contribution in [0.4, 0.5) is 4.79 Å². The smallest absolute Gasteiger partial charge is 0.349 e. The SMILES string of the molecule is CCOCCON1C(=O)N[C@@H](CCSC)C1=O. The van der Waals surface area contributed by atoms with Gasteiger partial charge < -0.3 is 10.1 Å². The number of hydrogen-bond donors (Lipinski definition) is 1. The molecule has 3 amide bonds. The van der Waals surface area contributed by atoms with Gasteiger partial charge in [0.25, 0.3) is 5.91 Å². The number of ether oxygens (including phenoxy) is 1. The van der Waals surface area contributed by atoms with Gasteiger partial charge in [-0.1, -0.05) is 0 Å². The van der Waals surface area contributed by atoms with Crippen LogP contribution in [0.5, 0.6) is 0 Å². The van der Waals surface area contributed by atoms with E-state index in [1.807, 2.05) is 13.2 Å². The van der Waals surface area contributed by atoms with Crippen LogP contribution in [0, 0.1) is 0 Å². The number of nitrogens with one attached hydrogen (secondary N) is 1. The molecule has 0 radical (unpaired) electrons. The molecule has 0 bridgehead atoms.